The van der Waals surface area contributed by atoms with Gasteiger partial charge in [-0.1, -0.05) is 30.3 Å². The first-order chi connectivity index (χ1) is 26.9. The number of rotatable bonds is 10. The van der Waals surface area contributed by atoms with Gasteiger partial charge in [0.2, 0.25) is 5.54 Å². The summed E-state index contributed by atoms with van der Waals surface area (Å²) in [6.45, 7) is 10.6. The fourth-order valence-corrected chi connectivity index (χ4v) is 8.87. The number of hydrogen-bond acceptors (Lipinski definition) is 10. The van der Waals surface area contributed by atoms with Crippen molar-refractivity contribution in [3.8, 4) is 5.75 Å². The molecule has 14 heteroatoms. The van der Waals surface area contributed by atoms with E-state index in [1.165, 1.54) is 0 Å². The summed E-state index contributed by atoms with van der Waals surface area (Å²) in [5.41, 5.74) is 3.04. The second-order valence-electron chi connectivity index (χ2n) is 15.5. The Labute approximate surface area is 329 Å². The number of phenols is 1. The van der Waals surface area contributed by atoms with Gasteiger partial charge in [0.1, 0.15) is 18.8 Å². The Morgan fingerprint density at radius 2 is 1.54 bits per heavy atom. The van der Waals surface area contributed by atoms with Crippen molar-refractivity contribution in [2.45, 2.75) is 96.7 Å². The number of anilines is 1. The lowest BCUT2D eigenvalue weighted by molar-refractivity contribution is -0.161. The number of piperidine rings is 3. The Balaban J connectivity index is 1.12. The molecule has 4 aliphatic heterocycles. The van der Waals surface area contributed by atoms with Gasteiger partial charge in [0.25, 0.3) is 5.91 Å². The van der Waals surface area contributed by atoms with Crippen molar-refractivity contribution in [2.75, 3.05) is 64.3 Å². The molecule has 1 atom stereocenters. The third-order valence-electron chi connectivity index (χ3n) is 12.1. The molecule has 303 valence electrons. The van der Waals surface area contributed by atoms with Crippen LogP contribution in [0.25, 0.3) is 0 Å². The molecule has 3 fully saturated rings. The van der Waals surface area contributed by atoms with E-state index in [4.69, 9.17) is 14.2 Å². The molecule has 0 unspecified atom stereocenters. The molecule has 4 amide bonds. The first-order valence-electron chi connectivity index (χ1n) is 20.2. The van der Waals surface area contributed by atoms with Crippen molar-refractivity contribution < 1.29 is 43.3 Å². The molecule has 2 N–H and O–H groups in total. The molecular weight excluding hydrogens is 718 g/mol. The first-order valence-corrected chi connectivity index (χ1v) is 20.2. The fraction of sp³-hybridized carbons (Fsp3) is 0.595. The van der Waals surface area contributed by atoms with E-state index in [0.717, 1.165) is 23.2 Å². The SMILES string of the molecule is CCOC(=O)C1CC[N+](C2(C(=O)OCC)CCN(C(=O)[C@@H](Cc3cc(C)c(O)c(C)c3)OC(=O)N3CCC(N4CCc5ccccc5NC4=O)CC3)CC2)CC1. The molecule has 0 saturated carbocycles. The monoisotopic (exact) mass is 775 g/mol. The van der Waals surface area contributed by atoms with Crippen LogP contribution in [0, 0.1) is 19.8 Å². The van der Waals surface area contributed by atoms with Crippen molar-refractivity contribution in [1.82, 2.24) is 19.6 Å². The number of carbonyl (C=O) groups excluding carboxylic acids is 5. The highest BCUT2D eigenvalue weighted by atomic mass is 16.6. The number of para-hydroxylation sites is 1. The van der Waals surface area contributed by atoms with Crippen molar-refractivity contribution in [3.63, 3.8) is 0 Å². The maximum absolute atomic E-state index is 14.4. The third-order valence-corrected chi connectivity index (χ3v) is 12.1. The van der Waals surface area contributed by atoms with Gasteiger partial charge in [-0.05, 0) is 75.3 Å². The molecule has 0 aromatic heterocycles. The Kier molecular flexibility index (Phi) is 13.1. The zero-order valence-corrected chi connectivity index (χ0v) is 33.2. The Bertz CT molecular complexity index is 1740. The summed E-state index contributed by atoms with van der Waals surface area (Å²) in [7, 11) is 0. The molecule has 4 aliphatic rings. The first kappa shape index (κ1) is 40.8. The molecule has 4 heterocycles. The Morgan fingerprint density at radius 3 is 2.18 bits per heavy atom. The number of nitrogens with zero attached hydrogens (tertiary/aromatic N) is 4. The number of ether oxygens (including phenoxy) is 3. The van der Waals surface area contributed by atoms with Gasteiger partial charge in [-0.2, -0.15) is 4.90 Å². The molecule has 0 spiro atoms. The van der Waals surface area contributed by atoms with E-state index >= 15 is 0 Å². The number of amides is 4. The number of urea groups is 1. The molecule has 14 nitrogen and oxygen atoms in total. The van der Waals surface area contributed by atoms with Crippen molar-refractivity contribution in [1.29, 1.82) is 0 Å². The zero-order valence-electron chi connectivity index (χ0n) is 33.2. The number of carbonyl (C=O) groups is 5. The number of phenolic OH excluding ortho intramolecular Hbond substituents is 1. The number of benzene rings is 2. The largest absolute Gasteiger partial charge is 0.507 e. The van der Waals surface area contributed by atoms with Gasteiger partial charge in [0.05, 0.1) is 19.1 Å². The number of hydrogen-bond donors (Lipinski definition) is 2. The second-order valence-corrected chi connectivity index (χ2v) is 15.5. The average molecular weight is 776 g/mol. The highest BCUT2D eigenvalue weighted by Gasteiger charge is 2.57. The molecule has 0 bridgehead atoms. The van der Waals surface area contributed by atoms with Crippen LogP contribution >= 0.6 is 0 Å². The van der Waals surface area contributed by atoms with Crippen molar-refractivity contribution in [3.05, 3.63) is 58.7 Å². The summed E-state index contributed by atoms with van der Waals surface area (Å²) in [6, 6.07) is 11.2. The zero-order chi connectivity index (χ0) is 40.0. The minimum absolute atomic E-state index is 0.0438. The molecule has 3 saturated heterocycles. The molecule has 6 rings (SSSR count). The van der Waals surface area contributed by atoms with Gasteiger partial charge in [-0.3, -0.25) is 9.59 Å². The maximum atomic E-state index is 14.4. The summed E-state index contributed by atoms with van der Waals surface area (Å²) in [6.07, 6.45) is 2.08. The summed E-state index contributed by atoms with van der Waals surface area (Å²) >= 11 is 0. The van der Waals surface area contributed by atoms with Crippen LogP contribution in [0.5, 0.6) is 5.75 Å². The van der Waals surface area contributed by atoms with E-state index in [9.17, 15) is 29.1 Å². The van der Waals surface area contributed by atoms with Crippen LogP contribution in [0.1, 0.15) is 74.6 Å². The predicted molar refractivity (Wildman–Crippen MR) is 208 cm³/mol. The van der Waals surface area contributed by atoms with E-state index in [0.29, 0.717) is 89.0 Å². The number of nitrogens with one attached hydrogen (secondary N) is 1. The standard InChI is InChI=1S/C42H57N5O9/c1-5-54-38(50)32-11-20-46(21-12-32)42(39(51)55-6-2)16-23-44(24-17-42)37(49)35(27-30-25-28(3)36(48)29(4)26-30)56-41(53)45-18-14-33(15-19-45)47-22-13-31-9-7-8-10-34(31)43-40(47)52/h7-10,25-26,32-33,35,48H,5-6,11-24,27H2,1-4H3,(H,43,52)/q+1/t35-/m1/s1. The van der Waals surface area contributed by atoms with Gasteiger partial charge in [0.15, 0.2) is 6.10 Å². The number of esters is 2. The lowest BCUT2D eigenvalue weighted by Crippen LogP contribution is -2.66. The van der Waals surface area contributed by atoms with Crippen molar-refractivity contribution >= 4 is 35.7 Å². The van der Waals surface area contributed by atoms with E-state index in [2.05, 4.69) is 10.2 Å². The van der Waals surface area contributed by atoms with Crippen molar-refractivity contribution in [2.24, 2.45) is 5.92 Å². The number of likely N-dealkylation sites (tertiary alicyclic amines) is 3. The predicted octanol–water partition coefficient (Wildman–Crippen LogP) is 4.65. The minimum atomic E-state index is -1.14. The number of fused-ring (bicyclic) bond motifs is 1. The van der Waals surface area contributed by atoms with Crippen LogP contribution in [0.2, 0.25) is 0 Å². The Morgan fingerprint density at radius 1 is 0.893 bits per heavy atom. The van der Waals surface area contributed by atoms with Gasteiger partial charge < -0.3 is 39.3 Å². The van der Waals surface area contributed by atoms with Crippen LogP contribution in [0.4, 0.5) is 15.3 Å². The summed E-state index contributed by atoms with van der Waals surface area (Å²) in [5, 5.41) is 13.5. The third kappa shape index (κ3) is 8.90. The molecule has 0 aliphatic carbocycles. The van der Waals surface area contributed by atoms with Crippen LogP contribution in [0.3, 0.4) is 0 Å². The van der Waals surface area contributed by atoms with E-state index in [1.54, 1.807) is 49.6 Å². The van der Waals surface area contributed by atoms with Gasteiger partial charge in [0, 0.05) is 76.6 Å². The van der Waals surface area contributed by atoms with Crippen LogP contribution in [-0.4, -0.2) is 126 Å². The fourth-order valence-electron chi connectivity index (χ4n) is 8.87. The van der Waals surface area contributed by atoms with E-state index < -0.39 is 17.7 Å². The quantitative estimate of drug-likeness (QED) is 0.199. The summed E-state index contributed by atoms with van der Waals surface area (Å²) in [4.78, 5) is 74.7. The van der Waals surface area contributed by atoms with E-state index in [1.807, 2.05) is 29.2 Å². The maximum Gasteiger partial charge on any atom is 0.410 e. The lowest BCUT2D eigenvalue weighted by Gasteiger charge is -2.42. The average Bonchev–Trinajstić information content (AvgIpc) is 3.37. The molecule has 1 radical (unpaired) electrons. The number of aryl methyl sites for hydroxylation is 2. The highest BCUT2D eigenvalue weighted by Crippen LogP contribution is 2.34. The summed E-state index contributed by atoms with van der Waals surface area (Å²) in [5.74, 6) is -0.928. The lowest BCUT2D eigenvalue weighted by atomic mass is 9.82. The molecule has 2 aromatic rings. The smallest absolute Gasteiger partial charge is 0.410 e. The van der Waals surface area contributed by atoms with Gasteiger partial charge >= 0.3 is 24.1 Å². The normalized spacial score (nSPS) is 20.0. The van der Waals surface area contributed by atoms with Crippen LogP contribution in [0.15, 0.2) is 36.4 Å². The summed E-state index contributed by atoms with van der Waals surface area (Å²) < 4.78 is 16.9. The minimum Gasteiger partial charge on any atom is -0.507 e. The topological polar surface area (TPSA) is 161 Å². The van der Waals surface area contributed by atoms with Gasteiger partial charge in [-0.15, -0.1) is 0 Å². The Hall–Kier alpha value is -4.85. The van der Waals surface area contributed by atoms with E-state index in [-0.39, 0.29) is 67.7 Å². The molecular formula is C42H57N5O9+. The molecule has 2 aromatic carbocycles. The van der Waals surface area contributed by atoms with Gasteiger partial charge in [-0.25, -0.2) is 14.4 Å². The van der Waals surface area contributed by atoms with Crippen LogP contribution in [-0.2, 0) is 41.4 Å². The van der Waals surface area contributed by atoms with Crippen LogP contribution < -0.4 is 10.2 Å². The second kappa shape index (κ2) is 18.0. The highest BCUT2D eigenvalue weighted by molar-refractivity contribution is 5.91. The molecule has 56 heavy (non-hydrogen) atoms. The number of aromatic hydroxyl groups is 1.